The van der Waals surface area contributed by atoms with Crippen LogP contribution < -0.4 is 0 Å². The molecule has 0 aromatic heterocycles. The van der Waals surface area contributed by atoms with Crippen LogP contribution >= 0.6 is 0 Å². The topological polar surface area (TPSA) is 0 Å². The molecule has 0 fully saturated rings. The van der Waals surface area contributed by atoms with Crippen LogP contribution in [0.5, 0.6) is 0 Å². The Bertz CT molecular complexity index is 89.6. The van der Waals surface area contributed by atoms with Crippen LogP contribution in [0.2, 0.25) is 0 Å². The van der Waals surface area contributed by atoms with Gasteiger partial charge in [-0.3, -0.25) is 0 Å². The Labute approximate surface area is 99.3 Å². The van der Waals surface area contributed by atoms with E-state index in [2.05, 4.69) is 20.3 Å². The van der Waals surface area contributed by atoms with Gasteiger partial charge in [0.2, 0.25) is 0 Å². The molecule has 0 N–H and O–H groups in total. The average Bonchev–Trinajstić information content (AvgIpc) is 2.26. The van der Waals surface area contributed by atoms with Crippen LogP contribution in [0.3, 0.4) is 0 Å². The fourth-order valence-electron chi connectivity index (χ4n) is 2.01. The van der Waals surface area contributed by atoms with Gasteiger partial charge in [0, 0.05) is 0 Å². The van der Waals surface area contributed by atoms with Crippen molar-refractivity contribution in [3.8, 4) is 0 Å². The van der Waals surface area contributed by atoms with E-state index in [1.807, 2.05) is 0 Å². The Morgan fingerprint density at radius 3 is 1.47 bits per heavy atom. The van der Waals surface area contributed by atoms with E-state index in [0.717, 1.165) is 0 Å². The van der Waals surface area contributed by atoms with Crippen molar-refractivity contribution in [2.75, 3.05) is 0 Å². The van der Waals surface area contributed by atoms with Gasteiger partial charge in [0.1, 0.15) is 0 Å². The van der Waals surface area contributed by atoms with Crippen molar-refractivity contribution in [2.45, 2.75) is 90.9 Å². The molecule has 0 unspecified atom stereocenters. The van der Waals surface area contributed by atoms with Crippen LogP contribution in [-0.4, -0.2) is 0 Å². The molecule has 0 aliphatic carbocycles. The maximum atomic E-state index is 2.29. The van der Waals surface area contributed by atoms with E-state index in [-0.39, 0.29) is 1.43 Å². The molecular formula is C15H32+. The molecule has 0 aromatic carbocycles. The summed E-state index contributed by atoms with van der Waals surface area (Å²) in [5.74, 6) is 0. The summed E-state index contributed by atoms with van der Waals surface area (Å²) >= 11 is 0. The predicted octanol–water partition coefficient (Wildman–Crippen LogP) is 6.02. The number of unbranched alkanes of at least 4 members (excludes halogenated alkanes) is 12. The van der Waals surface area contributed by atoms with Gasteiger partial charge in [-0.1, -0.05) is 90.9 Å². The molecule has 0 heterocycles. The smallest absolute Gasteiger partial charge is 0.0654 e. The van der Waals surface area contributed by atoms with E-state index in [9.17, 15) is 0 Å². The monoisotopic (exact) mass is 212 g/mol. The minimum atomic E-state index is 0. The van der Waals surface area contributed by atoms with Crippen molar-refractivity contribution in [1.29, 1.82) is 0 Å². The van der Waals surface area contributed by atoms with E-state index in [1.54, 1.807) is 0 Å². The molecule has 0 saturated carbocycles. The van der Waals surface area contributed by atoms with Crippen molar-refractivity contribution in [3.05, 3.63) is 6.42 Å². The maximum absolute atomic E-state index is 2.29. The highest BCUT2D eigenvalue weighted by molar-refractivity contribution is 4.55. The molecule has 0 atom stereocenters. The standard InChI is InChI=1S/C15H31/c1-3-5-7-9-11-13-15-14-12-10-8-6-4-2/h3H,4-15H2,1-2H3/p+1. The Morgan fingerprint density at radius 1 is 0.667 bits per heavy atom. The van der Waals surface area contributed by atoms with E-state index in [4.69, 9.17) is 0 Å². The summed E-state index contributed by atoms with van der Waals surface area (Å²) in [4.78, 5) is 0. The molecular weight excluding hydrogens is 180 g/mol. The number of hydrogen-bond acceptors (Lipinski definition) is 0. The Balaban J connectivity index is 0. The predicted molar refractivity (Wildman–Crippen MR) is 72.2 cm³/mol. The summed E-state index contributed by atoms with van der Waals surface area (Å²) in [7, 11) is 0. The molecule has 0 bridgehead atoms. The molecule has 0 aliphatic heterocycles. The van der Waals surface area contributed by atoms with Crippen molar-refractivity contribution in [3.63, 3.8) is 0 Å². The van der Waals surface area contributed by atoms with Crippen molar-refractivity contribution in [1.82, 2.24) is 0 Å². The van der Waals surface area contributed by atoms with Gasteiger partial charge in [-0.05, 0) is 6.42 Å². The Morgan fingerprint density at radius 2 is 1.07 bits per heavy atom. The SMILES string of the molecule is C[CH]CCCCCCCCCCCCC.[H+]. The van der Waals surface area contributed by atoms with Crippen molar-refractivity contribution >= 4 is 0 Å². The van der Waals surface area contributed by atoms with E-state index in [1.165, 1.54) is 77.0 Å². The zero-order chi connectivity index (χ0) is 11.2. The first-order valence-corrected chi connectivity index (χ1v) is 7.19. The lowest BCUT2D eigenvalue weighted by molar-refractivity contribution is 0.549. The van der Waals surface area contributed by atoms with Crippen LogP contribution in [0.15, 0.2) is 0 Å². The van der Waals surface area contributed by atoms with Gasteiger partial charge in [0.05, 0.1) is 0 Å². The third-order valence-corrected chi connectivity index (χ3v) is 3.10. The lowest BCUT2D eigenvalue weighted by Gasteiger charge is -2.01. The number of hydrogen-bond donors (Lipinski definition) is 0. The van der Waals surface area contributed by atoms with Crippen LogP contribution in [-0.2, 0) is 0 Å². The van der Waals surface area contributed by atoms with E-state index < -0.39 is 0 Å². The van der Waals surface area contributed by atoms with E-state index >= 15 is 0 Å². The first-order chi connectivity index (χ1) is 7.41. The number of rotatable bonds is 12. The van der Waals surface area contributed by atoms with Gasteiger partial charge in [0.15, 0.2) is 0 Å². The second-order valence-electron chi connectivity index (χ2n) is 4.73. The summed E-state index contributed by atoms with van der Waals surface area (Å²) in [6.07, 6.45) is 19.6. The minimum absolute atomic E-state index is 0. The zero-order valence-electron chi connectivity index (χ0n) is 12.1. The second kappa shape index (κ2) is 14.0. The summed E-state index contributed by atoms with van der Waals surface area (Å²) in [6.45, 7) is 4.45. The second-order valence-corrected chi connectivity index (χ2v) is 4.73. The molecule has 0 nitrogen and oxygen atoms in total. The van der Waals surface area contributed by atoms with Crippen molar-refractivity contribution in [2.24, 2.45) is 0 Å². The fraction of sp³-hybridized carbons (Fsp3) is 0.933. The summed E-state index contributed by atoms with van der Waals surface area (Å²) in [5, 5.41) is 0. The molecule has 0 aliphatic rings. The zero-order valence-corrected chi connectivity index (χ0v) is 11.1. The average molecular weight is 212 g/mol. The molecule has 0 heteroatoms. The highest BCUT2D eigenvalue weighted by atomic mass is 14.0. The first kappa shape index (κ1) is 15.0. The highest BCUT2D eigenvalue weighted by Crippen LogP contribution is 2.11. The minimum Gasteiger partial charge on any atom is -0.0654 e. The van der Waals surface area contributed by atoms with Gasteiger partial charge in [-0.15, -0.1) is 0 Å². The highest BCUT2D eigenvalue weighted by Gasteiger charge is 1.92. The Kier molecular flexibility index (Phi) is 14.0. The molecule has 0 amide bonds. The third-order valence-electron chi connectivity index (χ3n) is 3.10. The fourth-order valence-corrected chi connectivity index (χ4v) is 2.01. The summed E-state index contributed by atoms with van der Waals surface area (Å²) in [5.41, 5.74) is 0. The van der Waals surface area contributed by atoms with Gasteiger partial charge < -0.3 is 0 Å². The third kappa shape index (κ3) is 14.0. The molecule has 0 rings (SSSR count). The molecule has 1 radical (unpaired) electrons. The molecule has 91 valence electrons. The normalized spacial score (nSPS) is 10.8. The lowest BCUT2D eigenvalue weighted by atomic mass is 10.1. The molecule has 0 aromatic rings. The molecule has 0 spiro atoms. The van der Waals surface area contributed by atoms with Gasteiger partial charge >= 0.3 is 1.43 Å². The summed E-state index contributed by atoms with van der Waals surface area (Å²) in [6, 6.07) is 0. The molecule has 15 heavy (non-hydrogen) atoms. The lowest BCUT2D eigenvalue weighted by Crippen LogP contribution is -1.82. The van der Waals surface area contributed by atoms with Gasteiger partial charge in [-0.2, -0.15) is 0 Å². The largest absolute Gasteiger partial charge is 1.00 e. The van der Waals surface area contributed by atoms with Crippen LogP contribution in [0.25, 0.3) is 0 Å². The van der Waals surface area contributed by atoms with Crippen LogP contribution in [0.1, 0.15) is 92.3 Å². The van der Waals surface area contributed by atoms with Crippen LogP contribution in [0.4, 0.5) is 0 Å². The Hall–Kier alpha value is 0. The van der Waals surface area contributed by atoms with Gasteiger partial charge in [-0.25, -0.2) is 0 Å². The van der Waals surface area contributed by atoms with E-state index in [0.29, 0.717) is 0 Å². The molecule has 0 saturated heterocycles. The van der Waals surface area contributed by atoms with Crippen molar-refractivity contribution < 1.29 is 1.43 Å². The quantitative estimate of drug-likeness (QED) is 0.347. The maximum Gasteiger partial charge on any atom is 1.00 e. The summed E-state index contributed by atoms with van der Waals surface area (Å²) < 4.78 is 0. The van der Waals surface area contributed by atoms with Crippen LogP contribution in [0, 0.1) is 6.42 Å². The first-order valence-electron chi connectivity index (χ1n) is 7.19. The van der Waals surface area contributed by atoms with Gasteiger partial charge in [0.25, 0.3) is 0 Å².